The molecule has 2 aromatic carbocycles. The van der Waals surface area contributed by atoms with Crippen LogP contribution in [0, 0.1) is 5.82 Å². The smallest absolute Gasteiger partial charge is 0.342 e. The molecule has 0 unspecified atom stereocenters. The molecule has 0 amide bonds. The summed E-state index contributed by atoms with van der Waals surface area (Å²) in [6.07, 6.45) is 0.542. The number of benzene rings is 2. The van der Waals surface area contributed by atoms with Crippen molar-refractivity contribution in [3.8, 4) is 11.3 Å². The number of halogens is 1. The van der Waals surface area contributed by atoms with Crippen LogP contribution in [-0.4, -0.2) is 24.9 Å². The second kappa shape index (κ2) is 6.96. The van der Waals surface area contributed by atoms with Crippen LogP contribution in [0.15, 0.2) is 53.0 Å². The number of anilines is 1. The second-order valence-corrected chi connectivity index (χ2v) is 6.54. The molecule has 2 heterocycles. The number of fused-ring (bicyclic) bond motifs is 2. The molecule has 3 aromatic rings. The first-order valence-corrected chi connectivity index (χ1v) is 8.99. The number of nitrogens with one attached hydrogen (secondary N) is 1. The Hall–Kier alpha value is -3.41. The van der Waals surface area contributed by atoms with Crippen molar-refractivity contribution in [3.05, 3.63) is 65.5 Å². The summed E-state index contributed by atoms with van der Waals surface area (Å²) in [4.78, 5) is 25.4. The van der Waals surface area contributed by atoms with Gasteiger partial charge in [-0.1, -0.05) is 6.58 Å². The number of hydrogen-bond acceptors (Lipinski definition) is 5. The second-order valence-electron chi connectivity index (χ2n) is 6.54. The monoisotopic (exact) mass is 379 g/mol. The van der Waals surface area contributed by atoms with Crippen molar-refractivity contribution >= 4 is 28.4 Å². The fourth-order valence-electron chi connectivity index (χ4n) is 3.34. The molecule has 0 saturated carbocycles. The molecular formula is C22H18FNO4. The Morgan fingerprint density at radius 1 is 1.29 bits per heavy atom. The van der Waals surface area contributed by atoms with Crippen LogP contribution < -0.4 is 5.32 Å². The Morgan fingerprint density at radius 3 is 2.75 bits per heavy atom. The third-order valence-corrected chi connectivity index (χ3v) is 4.72. The van der Waals surface area contributed by atoms with Gasteiger partial charge in [0.1, 0.15) is 22.7 Å². The van der Waals surface area contributed by atoms with Crippen molar-refractivity contribution in [3.63, 3.8) is 0 Å². The number of Topliss-reactive ketones (excluding diaryl/α,β-unsaturated/α-hetero) is 1. The first kappa shape index (κ1) is 18.0. The summed E-state index contributed by atoms with van der Waals surface area (Å²) in [5.41, 5.74) is 2.77. The Kier molecular flexibility index (Phi) is 4.47. The first-order chi connectivity index (χ1) is 13.5. The van der Waals surface area contributed by atoms with E-state index < -0.39 is 11.8 Å². The zero-order valence-corrected chi connectivity index (χ0v) is 15.3. The van der Waals surface area contributed by atoms with Crippen LogP contribution in [0.1, 0.15) is 34.1 Å². The van der Waals surface area contributed by atoms with E-state index in [-0.39, 0.29) is 23.7 Å². The number of carbonyl (C=O) groups excluding carboxylic acids is 2. The summed E-state index contributed by atoms with van der Waals surface area (Å²) >= 11 is 0. The molecule has 1 N–H and O–H groups in total. The van der Waals surface area contributed by atoms with E-state index >= 15 is 0 Å². The fourth-order valence-corrected chi connectivity index (χ4v) is 3.34. The van der Waals surface area contributed by atoms with Crippen molar-refractivity contribution in [2.75, 3.05) is 18.5 Å². The van der Waals surface area contributed by atoms with Gasteiger partial charge in [0, 0.05) is 34.8 Å². The van der Waals surface area contributed by atoms with E-state index in [1.165, 1.54) is 24.3 Å². The van der Waals surface area contributed by atoms with Gasteiger partial charge in [0.15, 0.2) is 5.78 Å². The first-order valence-electron chi connectivity index (χ1n) is 8.99. The molecule has 5 nitrogen and oxygen atoms in total. The third kappa shape index (κ3) is 2.97. The minimum atomic E-state index is -0.562. The molecule has 1 aliphatic rings. The average molecular weight is 379 g/mol. The lowest BCUT2D eigenvalue weighted by Crippen LogP contribution is -2.06. The Morgan fingerprint density at radius 2 is 2.04 bits per heavy atom. The molecule has 1 aromatic heterocycles. The summed E-state index contributed by atoms with van der Waals surface area (Å²) in [5.74, 6) is -0.841. The number of carbonyl (C=O) groups is 2. The van der Waals surface area contributed by atoms with Crippen molar-refractivity contribution in [2.24, 2.45) is 0 Å². The van der Waals surface area contributed by atoms with Gasteiger partial charge in [-0.3, -0.25) is 4.79 Å². The average Bonchev–Trinajstić information content (AvgIpc) is 2.99. The molecule has 0 spiro atoms. The molecule has 4 rings (SSSR count). The Balaban J connectivity index is 1.98. The minimum absolute atomic E-state index is 0.166. The number of esters is 1. The van der Waals surface area contributed by atoms with Gasteiger partial charge < -0.3 is 14.5 Å². The normalized spacial score (nSPS) is 13.8. The van der Waals surface area contributed by atoms with Gasteiger partial charge in [-0.25, -0.2) is 9.18 Å². The van der Waals surface area contributed by atoms with Crippen molar-refractivity contribution in [1.29, 1.82) is 0 Å². The summed E-state index contributed by atoms with van der Waals surface area (Å²) in [5, 5.41) is 3.67. The summed E-state index contributed by atoms with van der Waals surface area (Å²) in [6.45, 7) is 6.33. The highest BCUT2D eigenvalue weighted by molar-refractivity contribution is 6.17. The maximum Gasteiger partial charge on any atom is 0.342 e. The molecule has 0 fully saturated rings. The van der Waals surface area contributed by atoms with E-state index in [1.807, 2.05) is 0 Å². The van der Waals surface area contributed by atoms with Crippen LogP contribution in [0.25, 0.3) is 22.3 Å². The number of ketones is 1. The van der Waals surface area contributed by atoms with Gasteiger partial charge >= 0.3 is 5.97 Å². The lowest BCUT2D eigenvalue weighted by Gasteiger charge is -2.07. The van der Waals surface area contributed by atoms with Gasteiger partial charge in [0.05, 0.1) is 6.61 Å². The van der Waals surface area contributed by atoms with Crippen LogP contribution in [0.3, 0.4) is 0 Å². The predicted molar refractivity (Wildman–Crippen MR) is 104 cm³/mol. The molecule has 0 saturated heterocycles. The van der Waals surface area contributed by atoms with Crippen LogP contribution in [0.4, 0.5) is 10.1 Å². The summed E-state index contributed by atoms with van der Waals surface area (Å²) < 4.78 is 24.5. The van der Waals surface area contributed by atoms with Crippen molar-refractivity contribution < 1.29 is 23.1 Å². The molecular weight excluding hydrogens is 361 g/mol. The van der Waals surface area contributed by atoms with Gasteiger partial charge in [-0.15, -0.1) is 0 Å². The van der Waals surface area contributed by atoms with E-state index in [2.05, 4.69) is 11.9 Å². The quantitative estimate of drug-likeness (QED) is 0.514. The molecule has 142 valence electrons. The molecule has 0 aliphatic carbocycles. The lowest BCUT2D eigenvalue weighted by atomic mass is 9.99. The Labute approximate surface area is 160 Å². The van der Waals surface area contributed by atoms with Crippen molar-refractivity contribution in [2.45, 2.75) is 13.3 Å². The molecule has 6 heteroatoms. The Bertz CT molecular complexity index is 1110. The van der Waals surface area contributed by atoms with Crippen LogP contribution in [-0.2, 0) is 4.74 Å². The lowest BCUT2D eigenvalue weighted by molar-refractivity contribution is 0.0528. The highest BCUT2D eigenvalue weighted by Crippen LogP contribution is 2.38. The standard InChI is InChI=1S/C22H18FNO4/c1-3-27-22(26)19-16-10-15-17(24-9-8-12(2)20(15)25)11-18(16)28-21(19)13-4-6-14(23)7-5-13/h4-7,10-11,24H,2-3,8-9H2,1H3. The fraction of sp³-hybridized carbons (Fsp3) is 0.182. The zero-order valence-electron chi connectivity index (χ0n) is 15.3. The van der Waals surface area contributed by atoms with Crippen LogP contribution in [0.2, 0.25) is 0 Å². The largest absolute Gasteiger partial charge is 0.462 e. The maximum absolute atomic E-state index is 13.3. The number of furan rings is 1. The van der Waals surface area contributed by atoms with E-state index in [0.717, 1.165) is 0 Å². The van der Waals surface area contributed by atoms with Crippen LogP contribution >= 0.6 is 0 Å². The van der Waals surface area contributed by atoms with Gasteiger partial charge in [-0.2, -0.15) is 0 Å². The van der Waals surface area contributed by atoms with E-state index in [9.17, 15) is 14.0 Å². The number of rotatable bonds is 3. The topological polar surface area (TPSA) is 68.5 Å². The van der Waals surface area contributed by atoms with Crippen molar-refractivity contribution in [1.82, 2.24) is 0 Å². The summed E-state index contributed by atoms with van der Waals surface area (Å²) in [6, 6.07) is 9.00. The number of hydrogen-bond donors (Lipinski definition) is 1. The SMILES string of the molecule is C=C1CCNc2cc3oc(-c4ccc(F)cc4)c(C(=O)OCC)c3cc2C1=O. The van der Waals surface area contributed by atoms with E-state index in [4.69, 9.17) is 9.15 Å². The molecule has 0 atom stereocenters. The third-order valence-electron chi connectivity index (χ3n) is 4.72. The number of ether oxygens (including phenoxy) is 1. The highest BCUT2D eigenvalue weighted by Gasteiger charge is 2.27. The predicted octanol–water partition coefficient (Wildman–Crippen LogP) is 4.97. The highest BCUT2D eigenvalue weighted by atomic mass is 19.1. The molecule has 28 heavy (non-hydrogen) atoms. The zero-order chi connectivity index (χ0) is 19.8. The molecule has 0 bridgehead atoms. The van der Waals surface area contributed by atoms with Gasteiger partial charge in [0.2, 0.25) is 0 Å². The van der Waals surface area contributed by atoms with Gasteiger partial charge in [0.25, 0.3) is 0 Å². The van der Waals surface area contributed by atoms with Crippen LogP contribution in [0.5, 0.6) is 0 Å². The summed E-state index contributed by atoms with van der Waals surface area (Å²) in [7, 11) is 0. The maximum atomic E-state index is 13.3. The van der Waals surface area contributed by atoms with E-state index in [1.54, 1.807) is 19.1 Å². The molecule has 0 radical (unpaired) electrons. The van der Waals surface area contributed by atoms with E-state index in [0.29, 0.717) is 46.3 Å². The van der Waals surface area contributed by atoms with Gasteiger partial charge in [-0.05, 0) is 49.2 Å². The minimum Gasteiger partial charge on any atom is -0.462 e. The molecule has 1 aliphatic heterocycles.